The van der Waals surface area contributed by atoms with Crippen LogP contribution >= 0.6 is 0 Å². The second kappa shape index (κ2) is 4.09. The van der Waals surface area contributed by atoms with E-state index in [-0.39, 0.29) is 11.9 Å². The van der Waals surface area contributed by atoms with Crippen LogP contribution in [0.1, 0.15) is 40.0 Å². The van der Waals surface area contributed by atoms with Gasteiger partial charge in [-0.15, -0.1) is 0 Å². The van der Waals surface area contributed by atoms with E-state index in [4.69, 9.17) is 5.73 Å². The number of hydrogen-bond donors (Lipinski definition) is 1. The van der Waals surface area contributed by atoms with Gasteiger partial charge in [0.05, 0.1) is 6.04 Å². The van der Waals surface area contributed by atoms with Gasteiger partial charge in [0.25, 0.3) is 0 Å². The lowest BCUT2D eigenvalue weighted by molar-refractivity contribution is -0.138. The Labute approximate surface area is 80.3 Å². The van der Waals surface area contributed by atoms with Gasteiger partial charge in [-0.1, -0.05) is 0 Å². The van der Waals surface area contributed by atoms with Gasteiger partial charge in [-0.3, -0.25) is 4.79 Å². The summed E-state index contributed by atoms with van der Waals surface area (Å²) in [6.45, 7) is 5.97. The van der Waals surface area contributed by atoms with Crippen molar-refractivity contribution in [1.82, 2.24) is 4.90 Å². The third-order valence-electron chi connectivity index (χ3n) is 2.84. The van der Waals surface area contributed by atoms with E-state index in [1.54, 1.807) is 6.92 Å². The van der Waals surface area contributed by atoms with E-state index in [2.05, 4.69) is 13.8 Å². The first kappa shape index (κ1) is 10.5. The van der Waals surface area contributed by atoms with Crippen LogP contribution in [0.25, 0.3) is 0 Å². The Balaban J connectivity index is 2.68. The number of rotatable bonds is 1. The van der Waals surface area contributed by atoms with Crippen molar-refractivity contribution in [2.75, 3.05) is 0 Å². The fourth-order valence-corrected chi connectivity index (χ4v) is 2.09. The molecule has 3 unspecified atom stereocenters. The molecule has 3 nitrogen and oxygen atoms in total. The maximum absolute atomic E-state index is 11.7. The van der Waals surface area contributed by atoms with Crippen molar-refractivity contribution < 1.29 is 4.79 Å². The molecule has 2 N–H and O–H groups in total. The first-order valence-electron chi connectivity index (χ1n) is 5.11. The zero-order valence-corrected chi connectivity index (χ0v) is 8.79. The number of nitrogens with zero attached hydrogens (tertiary/aromatic N) is 1. The highest BCUT2D eigenvalue weighted by molar-refractivity contribution is 5.81. The molecule has 0 aromatic rings. The molecule has 0 saturated carbocycles. The molecule has 3 atom stereocenters. The highest BCUT2D eigenvalue weighted by Crippen LogP contribution is 2.22. The summed E-state index contributed by atoms with van der Waals surface area (Å²) in [5.41, 5.74) is 5.60. The largest absolute Gasteiger partial charge is 0.336 e. The summed E-state index contributed by atoms with van der Waals surface area (Å²) < 4.78 is 0. The Hall–Kier alpha value is -0.570. The van der Waals surface area contributed by atoms with Crippen LogP contribution in [-0.2, 0) is 4.79 Å². The van der Waals surface area contributed by atoms with E-state index in [1.165, 1.54) is 6.42 Å². The van der Waals surface area contributed by atoms with E-state index in [1.807, 2.05) is 4.90 Å². The van der Waals surface area contributed by atoms with Gasteiger partial charge in [-0.05, 0) is 40.0 Å². The molecule has 0 aromatic carbocycles. The van der Waals surface area contributed by atoms with Gasteiger partial charge in [-0.2, -0.15) is 0 Å². The second-order valence-corrected chi connectivity index (χ2v) is 4.16. The lowest BCUT2D eigenvalue weighted by Crippen LogP contribution is -2.52. The minimum atomic E-state index is -0.358. The monoisotopic (exact) mass is 184 g/mol. The van der Waals surface area contributed by atoms with Crippen molar-refractivity contribution in [3.8, 4) is 0 Å². The number of amides is 1. The van der Waals surface area contributed by atoms with Crippen molar-refractivity contribution in [3.05, 3.63) is 0 Å². The third-order valence-corrected chi connectivity index (χ3v) is 2.84. The molecule has 0 aromatic heterocycles. The van der Waals surface area contributed by atoms with Crippen molar-refractivity contribution in [2.45, 2.75) is 58.2 Å². The lowest BCUT2D eigenvalue weighted by Gasteiger charge is -2.40. The molecule has 1 heterocycles. The Morgan fingerprint density at radius 3 is 2.23 bits per heavy atom. The number of carbonyl (C=O) groups excluding carboxylic acids is 1. The van der Waals surface area contributed by atoms with E-state index in [0.29, 0.717) is 12.1 Å². The average molecular weight is 184 g/mol. The molecule has 1 aliphatic heterocycles. The second-order valence-electron chi connectivity index (χ2n) is 4.16. The predicted octanol–water partition coefficient (Wildman–Crippen LogP) is 1.12. The summed E-state index contributed by atoms with van der Waals surface area (Å²) in [5, 5.41) is 0. The van der Waals surface area contributed by atoms with Gasteiger partial charge in [0.1, 0.15) is 0 Å². The smallest absolute Gasteiger partial charge is 0.239 e. The normalized spacial score (nSPS) is 31.5. The van der Waals surface area contributed by atoms with Crippen LogP contribution in [0.15, 0.2) is 0 Å². The fraction of sp³-hybridized carbons (Fsp3) is 0.900. The topological polar surface area (TPSA) is 46.3 Å². The first-order valence-corrected chi connectivity index (χ1v) is 5.11. The van der Waals surface area contributed by atoms with Gasteiger partial charge in [0.15, 0.2) is 0 Å². The Kier molecular flexibility index (Phi) is 3.31. The lowest BCUT2D eigenvalue weighted by atomic mass is 9.97. The highest BCUT2D eigenvalue weighted by atomic mass is 16.2. The predicted molar refractivity (Wildman–Crippen MR) is 53.3 cm³/mol. The standard InChI is InChI=1S/C10H20N2O/c1-7-5-4-6-8(2)12(7)10(13)9(3)11/h7-9H,4-6,11H2,1-3H3. The van der Waals surface area contributed by atoms with Gasteiger partial charge >= 0.3 is 0 Å². The number of carbonyl (C=O) groups is 1. The molecular weight excluding hydrogens is 164 g/mol. The molecule has 1 saturated heterocycles. The van der Waals surface area contributed by atoms with E-state index >= 15 is 0 Å². The summed E-state index contributed by atoms with van der Waals surface area (Å²) in [5.74, 6) is 0.0969. The summed E-state index contributed by atoms with van der Waals surface area (Å²) in [6, 6.07) is 0.368. The van der Waals surface area contributed by atoms with Gasteiger partial charge < -0.3 is 10.6 Å². The number of nitrogens with two attached hydrogens (primary N) is 1. The van der Waals surface area contributed by atoms with Crippen LogP contribution in [0.5, 0.6) is 0 Å². The fourth-order valence-electron chi connectivity index (χ4n) is 2.09. The molecule has 1 fully saturated rings. The number of likely N-dealkylation sites (tertiary alicyclic amines) is 1. The van der Waals surface area contributed by atoms with E-state index in [9.17, 15) is 4.79 Å². The average Bonchev–Trinajstić information content (AvgIpc) is 2.03. The zero-order valence-electron chi connectivity index (χ0n) is 8.79. The summed E-state index contributed by atoms with van der Waals surface area (Å²) in [7, 11) is 0. The minimum Gasteiger partial charge on any atom is -0.336 e. The Morgan fingerprint density at radius 1 is 1.38 bits per heavy atom. The van der Waals surface area contributed by atoms with E-state index in [0.717, 1.165) is 12.8 Å². The molecule has 3 heteroatoms. The quantitative estimate of drug-likeness (QED) is 0.664. The Morgan fingerprint density at radius 2 is 1.85 bits per heavy atom. The van der Waals surface area contributed by atoms with Gasteiger partial charge in [-0.25, -0.2) is 0 Å². The van der Waals surface area contributed by atoms with Crippen molar-refractivity contribution >= 4 is 5.91 Å². The minimum absolute atomic E-state index is 0.0969. The van der Waals surface area contributed by atoms with Crippen LogP contribution in [0.4, 0.5) is 0 Å². The van der Waals surface area contributed by atoms with Crippen molar-refractivity contribution in [3.63, 3.8) is 0 Å². The molecule has 1 rings (SSSR count). The molecule has 13 heavy (non-hydrogen) atoms. The van der Waals surface area contributed by atoms with Crippen LogP contribution in [0.3, 0.4) is 0 Å². The first-order chi connectivity index (χ1) is 6.04. The maximum Gasteiger partial charge on any atom is 0.239 e. The highest BCUT2D eigenvalue weighted by Gasteiger charge is 2.30. The van der Waals surface area contributed by atoms with Gasteiger partial charge in [0, 0.05) is 12.1 Å². The van der Waals surface area contributed by atoms with Gasteiger partial charge in [0.2, 0.25) is 5.91 Å². The van der Waals surface area contributed by atoms with Crippen LogP contribution in [0.2, 0.25) is 0 Å². The van der Waals surface area contributed by atoms with E-state index < -0.39 is 0 Å². The molecule has 0 spiro atoms. The van der Waals surface area contributed by atoms with Crippen LogP contribution in [0, 0.1) is 0 Å². The summed E-state index contributed by atoms with van der Waals surface area (Å²) in [6.07, 6.45) is 3.46. The molecule has 1 amide bonds. The summed E-state index contributed by atoms with van der Waals surface area (Å²) >= 11 is 0. The maximum atomic E-state index is 11.7. The molecule has 1 aliphatic rings. The zero-order chi connectivity index (χ0) is 10.0. The molecular formula is C10H20N2O. The van der Waals surface area contributed by atoms with Crippen molar-refractivity contribution in [2.24, 2.45) is 5.73 Å². The number of piperidine rings is 1. The number of hydrogen-bond acceptors (Lipinski definition) is 2. The SMILES string of the molecule is CC(N)C(=O)N1C(C)CCCC1C. The third kappa shape index (κ3) is 2.21. The van der Waals surface area contributed by atoms with Crippen molar-refractivity contribution in [1.29, 1.82) is 0 Å². The molecule has 0 aliphatic carbocycles. The molecule has 0 bridgehead atoms. The van der Waals surface area contributed by atoms with Crippen LogP contribution < -0.4 is 5.73 Å². The molecule has 0 radical (unpaired) electrons. The summed E-state index contributed by atoms with van der Waals surface area (Å²) in [4.78, 5) is 13.7. The molecule has 76 valence electrons. The van der Waals surface area contributed by atoms with Crippen LogP contribution in [-0.4, -0.2) is 28.9 Å². The Bertz CT molecular complexity index is 181.